The Morgan fingerprint density at radius 1 is 0.959 bits per heavy atom. The monoisotopic (exact) mass is 735 g/mol. The van der Waals surface area contributed by atoms with Gasteiger partial charge in [0, 0.05) is 12.0 Å². The van der Waals surface area contributed by atoms with E-state index in [4.69, 9.17) is 44.7 Å². The first-order valence-electron chi connectivity index (χ1n) is 13.1. The van der Waals surface area contributed by atoms with Crippen LogP contribution in [0.5, 0.6) is 5.75 Å². The third-order valence-corrected chi connectivity index (χ3v) is 6.85. The van der Waals surface area contributed by atoms with Gasteiger partial charge >= 0.3 is 36.2 Å². The second-order valence-corrected chi connectivity index (χ2v) is 11.3. The highest BCUT2D eigenvalue weighted by atomic mass is 32.2. The van der Waals surface area contributed by atoms with E-state index >= 15 is 0 Å². The number of carbonyl (C=O) groups excluding carboxylic acids is 2. The minimum Gasteiger partial charge on any atom is -0.481 e. The Balaban J connectivity index is 0.000000717. The van der Waals surface area contributed by atoms with E-state index in [9.17, 15) is 54.3 Å². The number of furan rings is 1. The number of rotatable bonds is 11. The molecular weight excluding hydrogens is 708 g/mol. The van der Waals surface area contributed by atoms with Gasteiger partial charge in [-0.2, -0.15) is 34.8 Å². The van der Waals surface area contributed by atoms with Crippen LogP contribution in [0.15, 0.2) is 40.8 Å². The standard InChI is InChI=1S/C22H25N3O9S.2C2HF3O2/c23-20(24)13-3-5-15(6-4-13)34-22(29)19-8-7-16(33-19)11-25-9-1-2-17(25)18(26)10-14(21(27)28)12-35(30,31)32;2*3-2(4,5)1(6)7/h3-8,14,17H,1-2,9-12H2,(H3,23,24)(H,27,28)(H,30,31,32);2*(H,6,7)/t14-,17+;;/m0../s1. The van der Waals surface area contributed by atoms with Gasteiger partial charge in [-0.05, 0) is 55.8 Å². The zero-order chi connectivity index (χ0) is 37.9. The molecule has 2 aromatic rings. The number of halogens is 6. The van der Waals surface area contributed by atoms with Crippen molar-refractivity contribution in [2.24, 2.45) is 11.7 Å². The average molecular weight is 736 g/mol. The van der Waals surface area contributed by atoms with E-state index in [1.54, 1.807) is 11.0 Å². The van der Waals surface area contributed by atoms with Crippen LogP contribution in [0.4, 0.5) is 26.3 Å². The van der Waals surface area contributed by atoms with Crippen LogP contribution in [0.1, 0.15) is 41.1 Å². The number of nitrogens with two attached hydrogens (primary N) is 1. The van der Waals surface area contributed by atoms with E-state index in [1.807, 2.05) is 0 Å². The maximum atomic E-state index is 12.7. The van der Waals surface area contributed by atoms with Gasteiger partial charge in [-0.3, -0.25) is 24.5 Å². The van der Waals surface area contributed by atoms with Gasteiger partial charge in [0.05, 0.1) is 24.3 Å². The van der Waals surface area contributed by atoms with Crippen molar-refractivity contribution in [1.29, 1.82) is 5.41 Å². The summed E-state index contributed by atoms with van der Waals surface area (Å²) in [5.41, 5.74) is 5.87. The van der Waals surface area contributed by atoms with Crippen molar-refractivity contribution in [2.45, 2.75) is 44.2 Å². The molecule has 7 N–H and O–H groups in total. The quantitative estimate of drug-likeness (QED) is 0.0483. The van der Waals surface area contributed by atoms with E-state index in [2.05, 4.69) is 0 Å². The Morgan fingerprint density at radius 3 is 1.90 bits per heavy atom. The van der Waals surface area contributed by atoms with Crippen molar-refractivity contribution in [3.63, 3.8) is 0 Å². The lowest BCUT2D eigenvalue weighted by Crippen LogP contribution is -2.38. The lowest BCUT2D eigenvalue weighted by Gasteiger charge is -2.23. The minimum absolute atomic E-state index is 0.0585. The molecule has 2 heterocycles. The number of Topliss-reactive ketones (excluding diaryl/α,β-unsaturated/α-hetero) is 1. The molecule has 0 saturated carbocycles. The molecule has 16 nitrogen and oxygen atoms in total. The normalized spacial score (nSPS) is 15.4. The Bertz CT molecular complexity index is 1600. The first-order chi connectivity index (χ1) is 22.3. The number of alkyl halides is 6. The summed E-state index contributed by atoms with van der Waals surface area (Å²) < 4.78 is 105. The Kier molecular flexibility index (Phi) is 14.9. The van der Waals surface area contributed by atoms with Crippen molar-refractivity contribution >= 4 is 45.6 Å². The third-order valence-electron chi connectivity index (χ3n) is 6.03. The van der Waals surface area contributed by atoms with Crippen LogP contribution in [-0.4, -0.2) is 99.4 Å². The number of carboxylic acid groups (broad SMARTS) is 3. The van der Waals surface area contributed by atoms with Crippen molar-refractivity contribution in [2.75, 3.05) is 12.3 Å². The van der Waals surface area contributed by atoms with Crippen LogP contribution in [0.2, 0.25) is 0 Å². The predicted octanol–water partition coefficient (Wildman–Crippen LogP) is 2.56. The molecule has 0 radical (unpaired) electrons. The maximum absolute atomic E-state index is 12.7. The number of ketones is 1. The van der Waals surface area contributed by atoms with Crippen LogP contribution in [0, 0.1) is 11.3 Å². The molecule has 1 fully saturated rings. The molecule has 0 bridgehead atoms. The van der Waals surface area contributed by atoms with E-state index in [1.165, 1.54) is 30.3 Å². The molecule has 1 saturated heterocycles. The number of benzene rings is 1. The molecule has 3 rings (SSSR count). The molecule has 1 aromatic heterocycles. The number of carboxylic acids is 3. The Labute approximate surface area is 271 Å². The van der Waals surface area contributed by atoms with Crippen LogP contribution in [0.25, 0.3) is 0 Å². The zero-order valence-electron chi connectivity index (χ0n) is 24.5. The van der Waals surface area contributed by atoms with Gasteiger partial charge in [0.15, 0.2) is 5.78 Å². The maximum Gasteiger partial charge on any atom is 0.490 e. The molecule has 23 heteroatoms. The fraction of sp³-hybridized carbons (Fsp3) is 0.385. The van der Waals surface area contributed by atoms with Gasteiger partial charge in [0.25, 0.3) is 10.1 Å². The van der Waals surface area contributed by atoms with Gasteiger partial charge < -0.3 is 30.2 Å². The highest BCUT2D eigenvalue weighted by Gasteiger charge is 2.39. The number of hydrogen-bond acceptors (Lipinski definition) is 11. The number of carbonyl (C=O) groups is 5. The molecule has 0 spiro atoms. The molecular formula is C26H27F6N3O13S. The zero-order valence-corrected chi connectivity index (χ0v) is 25.3. The summed E-state index contributed by atoms with van der Waals surface area (Å²) in [7, 11) is -4.55. The summed E-state index contributed by atoms with van der Waals surface area (Å²) in [6.45, 7) is 0.697. The second kappa shape index (κ2) is 17.4. The minimum atomic E-state index is -5.08. The number of amidine groups is 1. The summed E-state index contributed by atoms with van der Waals surface area (Å²) in [6, 6.07) is 8.41. The van der Waals surface area contributed by atoms with E-state index < -0.39 is 76.3 Å². The number of likely N-dealkylation sites (tertiary alicyclic amines) is 1. The molecule has 1 aliphatic rings. The van der Waals surface area contributed by atoms with Gasteiger partial charge in [-0.1, -0.05) is 0 Å². The molecule has 0 amide bonds. The van der Waals surface area contributed by atoms with Gasteiger partial charge in [-0.15, -0.1) is 0 Å². The number of nitrogen functional groups attached to an aromatic ring is 1. The fourth-order valence-corrected chi connectivity index (χ4v) is 4.63. The highest BCUT2D eigenvalue weighted by molar-refractivity contribution is 7.85. The molecule has 1 aliphatic heterocycles. The number of aliphatic carboxylic acids is 3. The summed E-state index contributed by atoms with van der Waals surface area (Å²) in [6.07, 6.45) is -9.57. The SMILES string of the molecule is N=C(N)c1ccc(OC(=O)c2ccc(CN3CCC[C@@H]3C(=O)C[C@@H](CS(=O)(=O)O)C(=O)O)o2)cc1.O=C(O)C(F)(F)F.O=C(O)C(F)(F)F. The molecule has 2 atom stereocenters. The van der Waals surface area contributed by atoms with Crippen molar-refractivity contribution in [3.8, 4) is 5.75 Å². The lowest BCUT2D eigenvalue weighted by atomic mass is 9.98. The average Bonchev–Trinajstić information content (AvgIpc) is 3.62. The van der Waals surface area contributed by atoms with Crippen LogP contribution in [0.3, 0.4) is 0 Å². The first-order valence-corrected chi connectivity index (χ1v) is 14.7. The van der Waals surface area contributed by atoms with E-state index in [-0.39, 0.29) is 23.9 Å². The van der Waals surface area contributed by atoms with Crippen molar-refractivity contribution < 1.29 is 87.8 Å². The van der Waals surface area contributed by atoms with Crippen LogP contribution < -0.4 is 10.5 Å². The molecule has 49 heavy (non-hydrogen) atoms. The van der Waals surface area contributed by atoms with Gasteiger partial charge in [0.1, 0.15) is 17.3 Å². The summed E-state index contributed by atoms with van der Waals surface area (Å²) in [5.74, 6) is -10.3. The van der Waals surface area contributed by atoms with Gasteiger partial charge in [-0.25, -0.2) is 14.4 Å². The van der Waals surface area contributed by atoms with E-state index in [0.717, 1.165) is 0 Å². The first kappa shape index (κ1) is 42.0. The molecule has 1 aromatic carbocycles. The van der Waals surface area contributed by atoms with E-state index in [0.29, 0.717) is 30.7 Å². The number of hydrogen-bond donors (Lipinski definition) is 6. The number of esters is 1. The van der Waals surface area contributed by atoms with Crippen molar-refractivity contribution in [1.82, 2.24) is 4.90 Å². The summed E-state index contributed by atoms with van der Waals surface area (Å²) >= 11 is 0. The Hall–Kier alpha value is -5.03. The lowest BCUT2D eigenvalue weighted by molar-refractivity contribution is -0.193. The second-order valence-electron chi connectivity index (χ2n) is 9.78. The predicted molar refractivity (Wildman–Crippen MR) is 149 cm³/mol. The third kappa shape index (κ3) is 15.2. The topological polar surface area (TPSA) is 276 Å². The number of ether oxygens (including phenoxy) is 1. The fourth-order valence-electron chi connectivity index (χ4n) is 3.86. The highest BCUT2D eigenvalue weighted by Crippen LogP contribution is 2.25. The summed E-state index contributed by atoms with van der Waals surface area (Å²) in [4.78, 5) is 56.0. The molecule has 0 aliphatic carbocycles. The molecule has 0 unspecified atom stereocenters. The smallest absolute Gasteiger partial charge is 0.481 e. The Morgan fingerprint density at radius 2 is 1.47 bits per heavy atom. The van der Waals surface area contributed by atoms with Crippen LogP contribution in [-0.2, 0) is 35.8 Å². The largest absolute Gasteiger partial charge is 0.490 e. The molecule has 272 valence electrons. The van der Waals surface area contributed by atoms with Crippen molar-refractivity contribution in [3.05, 3.63) is 53.5 Å². The summed E-state index contributed by atoms with van der Waals surface area (Å²) in [5, 5.41) is 30.8. The number of nitrogens with one attached hydrogen (secondary N) is 1. The van der Waals surface area contributed by atoms with Crippen LogP contribution >= 0.6 is 0 Å². The number of nitrogens with zero attached hydrogens (tertiary/aromatic N) is 1. The van der Waals surface area contributed by atoms with Gasteiger partial charge in [0.2, 0.25) is 5.76 Å².